The Morgan fingerprint density at radius 1 is 1.27 bits per heavy atom. The molecule has 0 aliphatic carbocycles. The zero-order chi connectivity index (χ0) is 16.5. The van der Waals surface area contributed by atoms with Crippen molar-refractivity contribution in [3.05, 3.63) is 24.2 Å². The minimum Gasteiger partial charge on any atom is -0.476 e. The van der Waals surface area contributed by atoms with E-state index in [1.54, 1.807) is 12.4 Å². The second-order valence-electron chi connectivity index (χ2n) is 4.51. The van der Waals surface area contributed by atoms with Gasteiger partial charge in [-0.15, -0.1) is 0 Å². The molecule has 0 bridgehead atoms. The molecule has 2 N–H and O–H groups in total. The van der Waals surface area contributed by atoms with Gasteiger partial charge in [-0.25, -0.2) is 19.6 Å². The number of aromatic nitrogens is 2. The molecule has 0 amide bonds. The predicted octanol–water partition coefficient (Wildman–Crippen LogP) is 0.750. The highest BCUT2D eigenvalue weighted by Gasteiger charge is 2.16. The van der Waals surface area contributed by atoms with E-state index in [-0.39, 0.29) is 0 Å². The Hall–Kier alpha value is -2.48. The van der Waals surface area contributed by atoms with Crippen LogP contribution < -0.4 is 4.74 Å². The third kappa shape index (κ3) is 5.49. The number of carboxylic acid groups (broad SMARTS) is 2. The first-order valence-electron chi connectivity index (χ1n) is 6.73. The molecule has 2 heterocycles. The molecule has 0 atom stereocenters. The van der Waals surface area contributed by atoms with Gasteiger partial charge in [0.05, 0.1) is 6.61 Å². The molecule has 1 aromatic rings. The summed E-state index contributed by atoms with van der Waals surface area (Å²) in [4.78, 5) is 29.1. The van der Waals surface area contributed by atoms with E-state index in [2.05, 4.69) is 28.0 Å². The van der Waals surface area contributed by atoms with Crippen LogP contribution >= 0.6 is 0 Å². The maximum atomic E-state index is 9.10. The van der Waals surface area contributed by atoms with Gasteiger partial charge in [0, 0.05) is 25.5 Å². The molecule has 2 rings (SSSR count). The van der Waals surface area contributed by atoms with E-state index in [0.29, 0.717) is 12.5 Å². The van der Waals surface area contributed by atoms with Crippen LogP contribution in [0.2, 0.25) is 0 Å². The largest absolute Gasteiger partial charge is 0.476 e. The Balaban J connectivity index is 0.000000346. The lowest BCUT2D eigenvalue weighted by molar-refractivity contribution is -0.159. The Labute approximate surface area is 128 Å². The quantitative estimate of drug-likeness (QED) is 0.786. The number of carbonyl (C=O) groups is 2. The topological polar surface area (TPSA) is 113 Å². The molecular weight excluding hydrogens is 290 g/mol. The SMILES string of the molecule is CCOc1nccnc1C1=CCCN(C)C1.O=C(O)C(=O)O. The van der Waals surface area contributed by atoms with E-state index >= 15 is 0 Å². The molecular formula is C14H19N3O5. The summed E-state index contributed by atoms with van der Waals surface area (Å²) >= 11 is 0. The van der Waals surface area contributed by atoms with Gasteiger partial charge in [0.15, 0.2) is 0 Å². The molecule has 8 nitrogen and oxygen atoms in total. The first-order valence-corrected chi connectivity index (χ1v) is 6.73. The Kier molecular flexibility index (Phi) is 6.97. The molecule has 0 unspecified atom stereocenters. The van der Waals surface area contributed by atoms with Crippen molar-refractivity contribution in [2.45, 2.75) is 13.3 Å². The normalized spacial score (nSPS) is 14.4. The van der Waals surface area contributed by atoms with Crippen molar-refractivity contribution in [1.29, 1.82) is 0 Å². The number of carboxylic acids is 2. The lowest BCUT2D eigenvalue weighted by atomic mass is 10.1. The fraction of sp³-hybridized carbons (Fsp3) is 0.429. The van der Waals surface area contributed by atoms with Crippen molar-refractivity contribution in [1.82, 2.24) is 14.9 Å². The number of likely N-dealkylation sites (N-methyl/N-ethyl adjacent to an activating group) is 1. The Morgan fingerprint density at radius 2 is 1.91 bits per heavy atom. The second-order valence-corrected chi connectivity index (χ2v) is 4.51. The molecule has 0 saturated heterocycles. The van der Waals surface area contributed by atoms with Crippen molar-refractivity contribution in [3.63, 3.8) is 0 Å². The smallest absolute Gasteiger partial charge is 0.414 e. The van der Waals surface area contributed by atoms with Crippen molar-refractivity contribution >= 4 is 17.5 Å². The highest BCUT2D eigenvalue weighted by Crippen LogP contribution is 2.24. The van der Waals surface area contributed by atoms with E-state index in [9.17, 15) is 0 Å². The molecule has 22 heavy (non-hydrogen) atoms. The van der Waals surface area contributed by atoms with Crippen LogP contribution in [0.25, 0.3) is 5.57 Å². The highest BCUT2D eigenvalue weighted by molar-refractivity contribution is 6.27. The number of aliphatic carboxylic acids is 2. The van der Waals surface area contributed by atoms with Gasteiger partial charge < -0.3 is 19.8 Å². The van der Waals surface area contributed by atoms with E-state index < -0.39 is 11.9 Å². The average Bonchev–Trinajstić information content (AvgIpc) is 2.48. The lowest BCUT2D eigenvalue weighted by Crippen LogP contribution is -2.25. The Morgan fingerprint density at radius 3 is 2.45 bits per heavy atom. The molecule has 0 fully saturated rings. The van der Waals surface area contributed by atoms with Crippen molar-refractivity contribution in [3.8, 4) is 5.88 Å². The van der Waals surface area contributed by atoms with Crippen LogP contribution in [0.3, 0.4) is 0 Å². The van der Waals surface area contributed by atoms with E-state index in [0.717, 1.165) is 25.2 Å². The van der Waals surface area contributed by atoms with Crippen LogP contribution in [0.15, 0.2) is 18.5 Å². The minimum atomic E-state index is -1.82. The summed E-state index contributed by atoms with van der Waals surface area (Å²) in [6, 6.07) is 0. The van der Waals surface area contributed by atoms with Crippen LogP contribution in [-0.2, 0) is 9.59 Å². The average molecular weight is 309 g/mol. The second kappa shape index (κ2) is 8.73. The van der Waals surface area contributed by atoms with Crippen molar-refractivity contribution < 1.29 is 24.5 Å². The van der Waals surface area contributed by atoms with Crippen LogP contribution in [0.4, 0.5) is 0 Å². The molecule has 1 aliphatic rings. The fourth-order valence-corrected chi connectivity index (χ4v) is 1.85. The number of nitrogens with zero attached hydrogens (tertiary/aromatic N) is 3. The molecule has 1 aliphatic heterocycles. The first kappa shape index (κ1) is 17.6. The number of ether oxygens (including phenoxy) is 1. The third-order valence-corrected chi connectivity index (χ3v) is 2.77. The van der Waals surface area contributed by atoms with Gasteiger partial charge in [-0.3, -0.25) is 0 Å². The summed E-state index contributed by atoms with van der Waals surface area (Å²) < 4.78 is 5.49. The summed E-state index contributed by atoms with van der Waals surface area (Å²) in [5.74, 6) is -3.00. The minimum absolute atomic E-state index is 0.620. The lowest BCUT2D eigenvalue weighted by Gasteiger charge is -2.23. The third-order valence-electron chi connectivity index (χ3n) is 2.77. The van der Waals surface area contributed by atoms with Gasteiger partial charge in [-0.2, -0.15) is 0 Å². The van der Waals surface area contributed by atoms with E-state index in [1.807, 2.05) is 6.92 Å². The first-order chi connectivity index (χ1) is 10.5. The molecule has 120 valence electrons. The van der Waals surface area contributed by atoms with E-state index in [1.165, 1.54) is 5.57 Å². The molecule has 0 radical (unpaired) electrons. The van der Waals surface area contributed by atoms with Gasteiger partial charge in [0.25, 0.3) is 0 Å². The van der Waals surface area contributed by atoms with Crippen LogP contribution in [0, 0.1) is 0 Å². The summed E-state index contributed by atoms with van der Waals surface area (Å²) in [6.07, 6.45) is 6.68. The number of hydrogen-bond donors (Lipinski definition) is 2. The maximum absolute atomic E-state index is 9.10. The molecule has 0 spiro atoms. The number of hydrogen-bond acceptors (Lipinski definition) is 6. The van der Waals surface area contributed by atoms with Gasteiger partial charge in [0.2, 0.25) is 5.88 Å². The summed E-state index contributed by atoms with van der Waals surface area (Å²) in [5.41, 5.74) is 2.10. The monoisotopic (exact) mass is 309 g/mol. The zero-order valence-corrected chi connectivity index (χ0v) is 12.5. The van der Waals surface area contributed by atoms with Gasteiger partial charge in [-0.1, -0.05) is 6.08 Å². The molecule has 8 heteroatoms. The maximum Gasteiger partial charge on any atom is 0.414 e. The summed E-state index contributed by atoms with van der Waals surface area (Å²) in [7, 11) is 2.11. The highest BCUT2D eigenvalue weighted by atomic mass is 16.5. The van der Waals surface area contributed by atoms with Gasteiger partial charge in [-0.05, 0) is 26.0 Å². The zero-order valence-electron chi connectivity index (χ0n) is 12.5. The van der Waals surface area contributed by atoms with Crippen molar-refractivity contribution in [2.24, 2.45) is 0 Å². The van der Waals surface area contributed by atoms with Crippen LogP contribution in [0.1, 0.15) is 19.0 Å². The molecule has 0 saturated carbocycles. The molecule has 0 aromatic carbocycles. The summed E-state index contributed by atoms with van der Waals surface area (Å²) in [5, 5.41) is 14.8. The van der Waals surface area contributed by atoms with E-state index in [4.69, 9.17) is 24.5 Å². The van der Waals surface area contributed by atoms with Gasteiger partial charge >= 0.3 is 11.9 Å². The Bertz CT molecular complexity index is 547. The summed E-state index contributed by atoms with van der Waals surface area (Å²) in [6.45, 7) is 4.60. The predicted molar refractivity (Wildman–Crippen MR) is 78.6 cm³/mol. The number of rotatable bonds is 3. The van der Waals surface area contributed by atoms with Crippen LogP contribution in [0.5, 0.6) is 5.88 Å². The van der Waals surface area contributed by atoms with Crippen LogP contribution in [-0.4, -0.2) is 63.8 Å². The molecule has 1 aromatic heterocycles. The standard InChI is InChI=1S/C12H17N3O.C2H2O4/c1-3-16-12-11(13-6-7-14-12)10-5-4-8-15(2)9-10;3-1(4)2(5)6/h5-7H,3-4,8-9H2,1-2H3;(H,3,4)(H,5,6). The van der Waals surface area contributed by atoms with Crippen molar-refractivity contribution in [2.75, 3.05) is 26.7 Å². The van der Waals surface area contributed by atoms with Gasteiger partial charge in [0.1, 0.15) is 5.69 Å². The fourth-order valence-electron chi connectivity index (χ4n) is 1.85.